The molecule has 3 rings (SSSR count). The van der Waals surface area contributed by atoms with Gasteiger partial charge in [0.25, 0.3) is 0 Å². The molecular formula is C23H27IN2O4. The van der Waals surface area contributed by atoms with Crippen molar-refractivity contribution < 1.29 is 19.7 Å². The second-order valence-corrected chi connectivity index (χ2v) is 8.51. The van der Waals surface area contributed by atoms with Crippen molar-refractivity contribution in [2.45, 2.75) is 38.1 Å². The van der Waals surface area contributed by atoms with Crippen LogP contribution in [0.2, 0.25) is 0 Å². The van der Waals surface area contributed by atoms with E-state index in [0.29, 0.717) is 24.3 Å². The third-order valence-corrected chi connectivity index (χ3v) is 5.92. The summed E-state index contributed by atoms with van der Waals surface area (Å²) >= 11 is 2.18. The Morgan fingerprint density at radius 1 is 1.20 bits per heavy atom. The maximum atomic E-state index is 12.5. The highest BCUT2D eigenvalue weighted by Crippen LogP contribution is 2.27. The molecule has 0 spiro atoms. The average Bonchev–Trinajstić information content (AvgIpc) is 2.75. The smallest absolute Gasteiger partial charge is 0.247 e. The molecule has 0 saturated carbocycles. The number of aliphatic hydroxyl groups excluding tert-OH is 2. The minimum atomic E-state index is -0.819. The highest BCUT2D eigenvalue weighted by atomic mass is 127. The fourth-order valence-corrected chi connectivity index (χ4v) is 3.86. The number of aliphatic hydroxyl groups is 2. The predicted octanol–water partition coefficient (Wildman–Crippen LogP) is 2.30. The van der Waals surface area contributed by atoms with Gasteiger partial charge >= 0.3 is 0 Å². The van der Waals surface area contributed by atoms with Gasteiger partial charge in [0.15, 0.2) is 0 Å². The zero-order valence-corrected chi connectivity index (χ0v) is 19.0. The lowest BCUT2D eigenvalue weighted by atomic mass is 9.89. The van der Waals surface area contributed by atoms with E-state index < -0.39 is 12.2 Å². The van der Waals surface area contributed by atoms with Crippen LogP contribution in [0.1, 0.15) is 17.5 Å². The number of aryl methyl sites for hydroxylation is 1. The predicted molar refractivity (Wildman–Crippen MR) is 124 cm³/mol. The van der Waals surface area contributed by atoms with Gasteiger partial charge in [-0.25, -0.2) is 0 Å². The fraction of sp³-hybridized carbons (Fsp3) is 0.348. The summed E-state index contributed by atoms with van der Waals surface area (Å²) in [6.45, 7) is 2.67. The quantitative estimate of drug-likeness (QED) is 0.400. The van der Waals surface area contributed by atoms with Crippen molar-refractivity contribution in [1.29, 1.82) is 0 Å². The molecule has 4 N–H and O–H groups in total. The highest BCUT2D eigenvalue weighted by Gasteiger charge is 2.35. The van der Waals surface area contributed by atoms with Crippen molar-refractivity contribution in [3.05, 3.63) is 74.9 Å². The van der Waals surface area contributed by atoms with Crippen LogP contribution in [0.15, 0.2) is 60.2 Å². The van der Waals surface area contributed by atoms with Crippen LogP contribution in [0.25, 0.3) is 0 Å². The molecule has 2 aromatic rings. The van der Waals surface area contributed by atoms with Crippen LogP contribution in [0.4, 0.5) is 0 Å². The molecule has 0 fully saturated rings. The number of hydrogen-bond acceptors (Lipinski definition) is 5. The third kappa shape index (κ3) is 6.04. The average molecular weight is 522 g/mol. The van der Waals surface area contributed by atoms with Crippen LogP contribution in [-0.2, 0) is 11.3 Å². The zero-order valence-electron chi connectivity index (χ0n) is 16.8. The molecule has 2 aromatic carbocycles. The number of para-hydroxylation sites is 1. The molecule has 160 valence electrons. The summed E-state index contributed by atoms with van der Waals surface area (Å²) < 4.78 is 7.01. The number of hydrogen-bond donors (Lipinski definition) is 4. The molecule has 0 bridgehead atoms. The number of nitrogens with one attached hydrogen (secondary N) is 2. The van der Waals surface area contributed by atoms with E-state index in [2.05, 4.69) is 33.2 Å². The first-order valence-electron chi connectivity index (χ1n) is 9.96. The van der Waals surface area contributed by atoms with E-state index in [0.717, 1.165) is 9.13 Å². The monoisotopic (exact) mass is 522 g/mol. The van der Waals surface area contributed by atoms with Crippen LogP contribution in [0.3, 0.4) is 0 Å². The second kappa shape index (κ2) is 10.9. The standard InChI is InChI=1S/C23H27IN2O4/c1-15-6-8-16(9-7-15)14-26-19-12-17(23(29)25-10-11-27)13-21(22(19)28)30-20-5-3-2-4-18(20)24/h2-9,13,19,21-22,26-28H,10-12,14H2,1H3,(H,25,29). The first-order chi connectivity index (χ1) is 14.5. The van der Waals surface area contributed by atoms with Gasteiger partial charge in [-0.05, 0) is 59.7 Å². The highest BCUT2D eigenvalue weighted by molar-refractivity contribution is 14.1. The van der Waals surface area contributed by atoms with E-state index in [9.17, 15) is 9.90 Å². The summed E-state index contributed by atoms with van der Waals surface area (Å²) in [7, 11) is 0. The molecule has 1 amide bonds. The van der Waals surface area contributed by atoms with Crippen LogP contribution in [0.5, 0.6) is 5.75 Å². The molecule has 0 aromatic heterocycles. The summed E-state index contributed by atoms with van der Waals surface area (Å²) in [5.41, 5.74) is 2.82. The lowest BCUT2D eigenvalue weighted by Gasteiger charge is -2.34. The molecule has 30 heavy (non-hydrogen) atoms. The molecule has 0 saturated heterocycles. The van der Waals surface area contributed by atoms with Gasteiger partial charge in [-0.15, -0.1) is 0 Å². The summed E-state index contributed by atoms with van der Waals surface area (Å²) in [4.78, 5) is 12.5. The summed E-state index contributed by atoms with van der Waals surface area (Å²) in [6.07, 6.45) is 0.571. The third-order valence-electron chi connectivity index (χ3n) is 5.03. The molecule has 1 aliphatic carbocycles. The molecule has 3 atom stereocenters. The number of carbonyl (C=O) groups is 1. The molecule has 7 heteroatoms. The normalized spacial score (nSPS) is 21.1. The Balaban J connectivity index is 1.77. The van der Waals surface area contributed by atoms with Gasteiger partial charge in [-0.2, -0.15) is 0 Å². The molecule has 1 aliphatic rings. The van der Waals surface area contributed by atoms with Gasteiger partial charge in [0.1, 0.15) is 18.0 Å². The molecule has 0 radical (unpaired) electrons. The molecule has 3 unspecified atom stereocenters. The van der Waals surface area contributed by atoms with Crippen LogP contribution in [-0.4, -0.2) is 47.5 Å². The largest absolute Gasteiger partial charge is 0.482 e. The number of halogens is 1. The van der Waals surface area contributed by atoms with E-state index in [-0.39, 0.29) is 25.1 Å². The van der Waals surface area contributed by atoms with Gasteiger partial charge in [-0.3, -0.25) is 4.79 Å². The van der Waals surface area contributed by atoms with Crippen LogP contribution < -0.4 is 15.4 Å². The van der Waals surface area contributed by atoms with Gasteiger partial charge in [0.05, 0.1) is 10.2 Å². The number of rotatable bonds is 8. The minimum Gasteiger partial charge on any atom is -0.482 e. The van der Waals surface area contributed by atoms with Gasteiger partial charge < -0.3 is 25.6 Å². The van der Waals surface area contributed by atoms with E-state index in [1.165, 1.54) is 5.56 Å². The Morgan fingerprint density at radius 2 is 1.93 bits per heavy atom. The minimum absolute atomic E-state index is 0.126. The summed E-state index contributed by atoms with van der Waals surface area (Å²) in [5.74, 6) is 0.405. The maximum absolute atomic E-state index is 12.5. The van der Waals surface area contributed by atoms with Gasteiger partial charge in [-0.1, -0.05) is 42.0 Å². The first kappa shape index (κ1) is 22.7. The molecule has 0 heterocycles. The maximum Gasteiger partial charge on any atom is 0.247 e. The van der Waals surface area contributed by atoms with Crippen LogP contribution >= 0.6 is 22.6 Å². The number of amides is 1. The summed E-state index contributed by atoms with van der Waals surface area (Å²) in [6, 6.07) is 15.4. The van der Waals surface area contributed by atoms with Crippen molar-refractivity contribution >= 4 is 28.5 Å². The first-order valence-corrected chi connectivity index (χ1v) is 11.0. The zero-order chi connectivity index (χ0) is 21.5. The van der Waals surface area contributed by atoms with Gasteiger partial charge in [0, 0.05) is 24.7 Å². The molecule has 6 nitrogen and oxygen atoms in total. The number of ether oxygens (including phenoxy) is 1. The van der Waals surface area contributed by atoms with E-state index in [1.54, 1.807) is 6.08 Å². The SMILES string of the molecule is Cc1ccc(CNC2CC(C(=O)NCCO)=CC(Oc3ccccc3I)C2O)cc1. The van der Waals surface area contributed by atoms with Crippen molar-refractivity contribution in [1.82, 2.24) is 10.6 Å². The van der Waals surface area contributed by atoms with E-state index >= 15 is 0 Å². The molecular weight excluding hydrogens is 495 g/mol. The lowest BCUT2D eigenvalue weighted by molar-refractivity contribution is -0.118. The second-order valence-electron chi connectivity index (χ2n) is 7.35. The van der Waals surface area contributed by atoms with Crippen LogP contribution in [0, 0.1) is 10.5 Å². The Morgan fingerprint density at radius 3 is 2.63 bits per heavy atom. The Labute approximate surface area is 190 Å². The van der Waals surface area contributed by atoms with Crippen molar-refractivity contribution in [3.8, 4) is 5.75 Å². The molecule has 0 aliphatic heterocycles. The Kier molecular flexibility index (Phi) is 8.26. The van der Waals surface area contributed by atoms with E-state index in [1.807, 2.05) is 55.5 Å². The van der Waals surface area contributed by atoms with Crippen molar-refractivity contribution in [3.63, 3.8) is 0 Å². The number of carbonyl (C=O) groups excluding carboxylic acids is 1. The van der Waals surface area contributed by atoms with E-state index in [4.69, 9.17) is 9.84 Å². The Bertz CT molecular complexity index is 885. The van der Waals surface area contributed by atoms with Gasteiger partial charge in [0.2, 0.25) is 5.91 Å². The number of benzene rings is 2. The van der Waals surface area contributed by atoms with Crippen molar-refractivity contribution in [2.24, 2.45) is 0 Å². The lowest BCUT2D eigenvalue weighted by Crippen LogP contribution is -2.51. The fourth-order valence-electron chi connectivity index (χ4n) is 3.34. The Hall–Kier alpha value is -1.94. The van der Waals surface area contributed by atoms with Crippen molar-refractivity contribution in [2.75, 3.05) is 13.2 Å². The topological polar surface area (TPSA) is 90.8 Å². The summed E-state index contributed by atoms with van der Waals surface area (Å²) in [5, 5.41) is 26.0.